The van der Waals surface area contributed by atoms with E-state index in [0.717, 1.165) is 11.0 Å². The van der Waals surface area contributed by atoms with E-state index in [0.29, 0.717) is 0 Å². The number of carbonyl (C=O) groups is 2. The molecule has 1 saturated heterocycles. The zero-order valence-corrected chi connectivity index (χ0v) is 8.02. The number of amides is 1. The maximum Gasteiger partial charge on any atom is 0.352 e. The molecule has 2 heterocycles. The fourth-order valence-corrected chi connectivity index (χ4v) is 2.00. The number of carbonyl (C=O) groups excluding carboxylic acids is 1. The van der Waals surface area contributed by atoms with Crippen molar-refractivity contribution in [2.24, 2.45) is 5.11 Å². The van der Waals surface area contributed by atoms with Crippen LogP contribution in [0.2, 0.25) is 0 Å². The van der Waals surface area contributed by atoms with Crippen LogP contribution in [0.15, 0.2) is 16.9 Å². The first-order valence-electron chi connectivity index (χ1n) is 4.56. The first-order valence-corrected chi connectivity index (χ1v) is 4.56. The molecule has 84 valence electrons. The SMILES string of the molecule is [N-]=[N+]=N[C@H]1C(=O)N2C(C(=O)O)=C[C@@H](O)C[C@@H]12. The Bertz CT molecular complexity index is 439. The van der Waals surface area contributed by atoms with Crippen LogP contribution in [-0.2, 0) is 9.59 Å². The van der Waals surface area contributed by atoms with Crippen LogP contribution in [0.5, 0.6) is 0 Å². The lowest BCUT2D eigenvalue weighted by Crippen LogP contribution is -2.66. The van der Waals surface area contributed by atoms with Gasteiger partial charge in [-0.25, -0.2) is 4.79 Å². The van der Waals surface area contributed by atoms with Crippen LogP contribution in [0.25, 0.3) is 10.4 Å². The third-order valence-corrected chi connectivity index (χ3v) is 2.67. The molecule has 0 aliphatic carbocycles. The second-order valence-corrected chi connectivity index (χ2v) is 3.59. The summed E-state index contributed by atoms with van der Waals surface area (Å²) in [4.78, 5) is 25.9. The van der Waals surface area contributed by atoms with E-state index in [1.807, 2.05) is 0 Å². The molecule has 3 atom stereocenters. The number of rotatable bonds is 2. The number of hydrogen-bond acceptors (Lipinski definition) is 4. The molecule has 0 aromatic rings. The van der Waals surface area contributed by atoms with Crippen LogP contribution >= 0.6 is 0 Å². The highest BCUT2D eigenvalue weighted by molar-refractivity contribution is 5.99. The van der Waals surface area contributed by atoms with E-state index in [2.05, 4.69) is 10.0 Å². The number of carboxylic acid groups (broad SMARTS) is 1. The third-order valence-electron chi connectivity index (χ3n) is 2.67. The summed E-state index contributed by atoms with van der Waals surface area (Å²) in [6.45, 7) is 0. The zero-order valence-electron chi connectivity index (χ0n) is 8.02. The van der Waals surface area contributed by atoms with Gasteiger partial charge in [-0.3, -0.25) is 4.79 Å². The molecule has 1 amide bonds. The largest absolute Gasteiger partial charge is 0.477 e. The summed E-state index contributed by atoms with van der Waals surface area (Å²) < 4.78 is 0. The number of hydrogen-bond donors (Lipinski definition) is 2. The van der Waals surface area contributed by atoms with Crippen molar-refractivity contribution in [3.8, 4) is 0 Å². The van der Waals surface area contributed by atoms with E-state index >= 15 is 0 Å². The van der Waals surface area contributed by atoms with Gasteiger partial charge in [-0.05, 0) is 18.0 Å². The van der Waals surface area contributed by atoms with E-state index in [1.54, 1.807) is 0 Å². The number of fused-ring (bicyclic) bond motifs is 1. The van der Waals surface area contributed by atoms with Crippen LogP contribution < -0.4 is 0 Å². The minimum atomic E-state index is -1.28. The zero-order chi connectivity index (χ0) is 11.9. The highest BCUT2D eigenvalue weighted by atomic mass is 16.4. The molecule has 8 heteroatoms. The normalized spacial score (nSPS) is 32.1. The van der Waals surface area contributed by atoms with Gasteiger partial charge in [-0.15, -0.1) is 0 Å². The van der Waals surface area contributed by atoms with Crippen molar-refractivity contribution in [2.45, 2.75) is 24.6 Å². The highest BCUT2D eigenvalue weighted by Gasteiger charge is 2.52. The summed E-state index contributed by atoms with van der Waals surface area (Å²) in [5, 5.41) is 21.5. The molecule has 2 aliphatic rings. The van der Waals surface area contributed by atoms with Gasteiger partial charge in [0.05, 0.1) is 12.1 Å². The van der Waals surface area contributed by atoms with Crippen LogP contribution in [-0.4, -0.2) is 45.2 Å². The van der Waals surface area contributed by atoms with Gasteiger partial charge in [0.2, 0.25) is 5.91 Å². The van der Waals surface area contributed by atoms with E-state index in [4.69, 9.17) is 10.6 Å². The maximum atomic E-state index is 11.5. The molecule has 0 bridgehead atoms. The fourth-order valence-electron chi connectivity index (χ4n) is 2.00. The topological polar surface area (TPSA) is 127 Å². The number of aliphatic carboxylic acids is 1. The Hall–Kier alpha value is -2.05. The number of nitrogens with zero attached hydrogens (tertiary/aromatic N) is 4. The molecular weight excluding hydrogens is 216 g/mol. The minimum absolute atomic E-state index is 0.187. The van der Waals surface area contributed by atoms with E-state index in [-0.39, 0.29) is 12.1 Å². The first kappa shape index (κ1) is 10.5. The monoisotopic (exact) mass is 224 g/mol. The van der Waals surface area contributed by atoms with E-state index in [9.17, 15) is 14.7 Å². The first-order chi connectivity index (χ1) is 7.56. The molecule has 0 radical (unpaired) electrons. The van der Waals surface area contributed by atoms with Crippen LogP contribution in [0, 0.1) is 0 Å². The second kappa shape index (κ2) is 3.51. The van der Waals surface area contributed by atoms with Crippen molar-refractivity contribution in [3.63, 3.8) is 0 Å². The smallest absolute Gasteiger partial charge is 0.352 e. The van der Waals surface area contributed by atoms with Gasteiger partial charge >= 0.3 is 5.97 Å². The predicted octanol–water partition coefficient (Wildman–Crippen LogP) is -0.391. The Balaban J connectivity index is 2.32. The predicted molar refractivity (Wildman–Crippen MR) is 49.9 cm³/mol. The van der Waals surface area contributed by atoms with Crippen molar-refractivity contribution in [3.05, 3.63) is 22.2 Å². The summed E-state index contributed by atoms with van der Waals surface area (Å²) in [5.41, 5.74) is 7.99. The highest BCUT2D eigenvalue weighted by Crippen LogP contribution is 2.35. The van der Waals surface area contributed by atoms with E-state index < -0.39 is 30.1 Å². The van der Waals surface area contributed by atoms with Crippen molar-refractivity contribution in [1.29, 1.82) is 0 Å². The van der Waals surface area contributed by atoms with Crippen molar-refractivity contribution >= 4 is 11.9 Å². The Morgan fingerprint density at radius 1 is 1.69 bits per heavy atom. The fraction of sp³-hybridized carbons (Fsp3) is 0.500. The third kappa shape index (κ3) is 1.32. The molecular formula is C8H8N4O4. The van der Waals surface area contributed by atoms with Crippen molar-refractivity contribution < 1.29 is 19.8 Å². The molecule has 2 rings (SSSR count). The lowest BCUT2D eigenvalue weighted by molar-refractivity contribution is -0.153. The Labute approximate surface area is 89.4 Å². The lowest BCUT2D eigenvalue weighted by Gasteiger charge is -2.48. The molecule has 0 aromatic carbocycles. The molecule has 0 spiro atoms. The van der Waals surface area contributed by atoms with E-state index in [1.165, 1.54) is 0 Å². The van der Waals surface area contributed by atoms with Gasteiger partial charge in [-0.1, -0.05) is 5.11 Å². The number of β-lactam (4-membered cyclic amide) rings is 1. The molecule has 0 unspecified atom stereocenters. The number of carboxylic acids is 1. The summed E-state index contributed by atoms with van der Waals surface area (Å²) in [7, 11) is 0. The molecule has 2 N–H and O–H groups in total. The quantitative estimate of drug-likeness (QED) is 0.286. The lowest BCUT2D eigenvalue weighted by atomic mass is 9.86. The molecule has 16 heavy (non-hydrogen) atoms. The molecule has 0 aromatic heterocycles. The van der Waals surface area contributed by atoms with Gasteiger partial charge in [0.15, 0.2) is 0 Å². The summed E-state index contributed by atoms with van der Waals surface area (Å²) in [5.74, 6) is -1.82. The Kier molecular flexibility index (Phi) is 2.30. The number of aliphatic hydroxyl groups is 1. The van der Waals surface area contributed by atoms with Gasteiger partial charge in [0, 0.05) is 4.91 Å². The van der Waals surface area contributed by atoms with Gasteiger partial charge in [0.25, 0.3) is 0 Å². The number of aliphatic hydroxyl groups excluding tert-OH is 1. The average molecular weight is 224 g/mol. The van der Waals surface area contributed by atoms with Crippen molar-refractivity contribution in [2.75, 3.05) is 0 Å². The Morgan fingerprint density at radius 3 is 2.94 bits per heavy atom. The molecule has 1 fully saturated rings. The maximum absolute atomic E-state index is 11.5. The summed E-state index contributed by atoms with van der Waals surface area (Å²) >= 11 is 0. The van der Waals surface area contributed by atoms with Crippen LogP contribution in [0.1, 0.15) is 6.42 Å². The summed E-state index contributed by atoms with van der Waals surface area (Å²) in [6, 6.07) is -1.45. The molecule has 8 nitrogen and oxygen atoms in total. The summed E-state index contributed by atoms with van der Waals surface area (Å²) in [6.07, 6.45) is 0.367. The Morgan fingerprint density at radius 2 is 2.38 bits per heavy atom. The van der Waals surface area contributed by atoms with Gasteiger partial charge in [-0.2, -0.15) is 0 Å². The van der Waals surface area contributed by atoms with Crippen molar-refractivity contribution in [1.82, 2.24) is 4.90 Å². The standard InChI is InChI=1S/C8H8N4O4/c9-11-10-6-4-1-3(13)2-5(8(15)16)12(4)7(6)14/h2-4,6,13H,1H2,(H,15,16)/t3-,4-,6+/m0/s1. The molecule has 2 aliphatic heterocycles. The van der Waals surface area contributed by atoms with Crippen LogP contribution in [0.3, 0.4) is 0 Å². The minimum Gasteiger partial charge on any atom is -0.477 e. The average Bonchev–Trinajstić information content (AvgIpc) is 2.24. The second-order valence-electron chi connectivity index (χ2n) is 3.59. The number of azide groups is 1. The van der Waals surface area contributed by atoms with Gasteiger partial charge in [0.1, 0.15) is 11.7 Å². The van der Waals surface area contributed by atoms with Gasteiger partial charge < -0.3 is 15.1 Å². The van der Waals surface area contributed by atoms with Crippen LogP contribution in [0.4, 0.5) is 0 Å². The molecule has 0 saturated carbocycles.